The molecule has 1 heterocycles. The lowest BCUT2D eigenvalue weighted by molar-refractivity contribution is -0.116. The number of carbonyl (C=O) groups excluding carboxylic acids is 1. The van der Waals surface area contributed by atoms with Gasteiger partial charge in [0.25, 0.3) is 0 Å². The maximum absolute atomic E-state index is 11.4. The summed E-state index contributed by atoms with van der Waals surface area (Å²) in [6.45, 7) is 2.13. The molecule has 0 bridgehead atoms. The highest BCUT2D eigenvalue weighted by molar-refractivity contribution is 5.90. The summed E-state index contributed by atoms with van der Waals surface area (Å²) in [5.74, 6) is 0.0876. The standard InChI is InChI=1S/C11H16N2O/c1-2-3-4-5-11(14)13-10-6-8-12-9-7-10/h6-9H,2-5H2,1H3,(H,12,13,14). The molecule has 3 nitrogen and oxygen atoms in total. The third-order valence-electron chi connectivity index (χ3n) is 1.97. The van der Waals surface area contributed by atoms with E-state index in [0.29, 0.717) is 6.42 Å². The Morgan fingerprint density at radius 3 is 2.71 bits per heavy atom. The van der Waals surface area contributed by atoms with Crippen LogP contribution in [0.2, 0.25) is 0 Å². The summed E-state index contributed by atoms with van der Waals surface area (Å²) in [6.07, 6.45) is 7.17. The molecule has 0 atom stereocenters. The summed E-state index contributed by atoms with van der Waals surface area (Å²) in [6, 6.07) is 3.58. The Labute approximate surface area is 84.6 Å². The lowest BCUT2D eigenvalue weighted by Crippen LogP contribution is -2.10. The number of pyridine rings is 1. The fourth-order valence-electron chi connectivity index (χ4n) is 1.19. The van der Waals surface area contributed by atoms with Gasteiger partial charge in [-0.25, -0.2) is 0 Å². The minimum atomic E-state index is 0.0876. The predicted molar refractivity (Wildman–Crippen MR) is 57.0 cm³/mol. The van der Waals surface area contributed by atoms with Crippen LogP contribution in [0.5, 0.6) is 0 Å². The Morgan fingerprint density at radius 1 is 1.36 bits per heavy atom. The first-order chi connectivity index (χ1) is 6.83. The molecule has 0 unspecified atom stereocenters. The molecule has 1 aromatic heterocycles. The second-order valence-corrected chi connectivity index (χ2v) is 3.24. The average Bonchev–Trinajstić information content (AvgIpc) is 2.20. The van der Waals surface area contributed by atoms with Crippen molar-refractivity contribution in [1.82, 2.24) is 4.98 Å². The quantitative estimate of drug-likeness (QED) is 0.728. The molecular formula is C11H16N2O. The van der Waals surface area contributed by atoms with Crippen molar-refractivity contribution in [1.29, 1.82) is 0 Å². The van der Waals surface area contributed by atoms with Crippen LogP contribution in [0.25, 0.3) is 0 Å². The van der Waals surface area contributed by atoms with Gasteiger partial charge in [-0.1, -0.05) is 19.8 Å². The van der Waals surface area contributed by atoms with Gasteiger partial charge in [0.05, 0.1) is 0 Å². The molecule has 0 aliphatic rings. The SMILES string of the molecule is CCCCCC(=O)Nc1ccncc1. The third-order valence-corrected chi connectivity index (χ3v) is 1.97. The van der Waals surface area contributed by atoms with Gasteiger partial charge in [-0.15, -0.1) is 0 Å². The van der Waals surface area contributed by atoms with Gasteiger partial charge in [-0.05, 0) is 18.6 Å². The number of aromatic nitrogens is 1. The summed E-state index contributed by atoms with van der Waals surface area (Å²) in [4.78, 5) is 15.2. The van der Waals surface area contributed by atoms with Crippen LogP contribution in [0.1, 0.15) is 32.6 Å². The average molecular weight is 192 g/mol. The molecule has 0 fully saturated rings. The minimum absolute atomic E-state index is 0.0876. The lowest BCUT2D eigenvalue weighted by Gasteiger charge is -2.03. The highest BCUT2D eigenvalue weighted by Gasteiger charge is 2.00. The number of hydrogen-bond acceptors (Lipinski definition) is 2. The van der Waals surface area contributed by atoms with Crippen molar-refractivity contribution in [3.63, 3.8) is 0 Å². The number of unbranched alkanes of at least 4 members (excludes halogenated alkanes) is 2. The second kappa shape index (κ2) is 6.13. The van der Waals surface area contributed by atoms with Gasteiger partial charge < -0.3 is 5.32 Å². The van der Waals surface area contributed by atoms with Crippen LogP contribution in [0, 0.1) is 0 Å². The van der Waals surface area contributed by atoms with E-state index in [4.69, 9.17) is 0 Å². The van der Waals surface area contributed by atoms with Crippen LogP contribution in [-0.4, -0.2) is 10.9 Å². The number of amides is 1. The fourth-order valence-corrected chi connectivity index (χ4v) is 1.19. The zero-order chi connectivity index (χ0) is 10.2. The molecule has 0 radical (unpaired) electrons. The van der Waals surface area contributed by atoms with E-state index in [2.05, 4.69) is 17.2 Å². The van der Waals surface area contributed by atoms with Crippen molar-refractivity contribution in [2.75, 3.05) is 5.32 Å². The molecule has 1 N–H and O–H groups in total. The van der Waals surface area contributed by atoms with Gasteiger partial charge >= 0.3 is 0 Å². The first-order valence-electron chi connectivity index (χ1n) is 5.03. The van der Waals surface area contributed by atoms with E-state index >= 15 is 0 Å². The highest BCUT2D eigenvalue weighted by atomic mass is 16.1. The molecule has 0 aliphatic heterocycles. The number of rotatable bonds is 5. The zero-order valence-electron chi connectivity index (χ0n) is 8.49. The largest absolute Gasteiger partial charge is 0.326 e. The van der Waals surface area contributed by atoms with Crippen molar-refractivity contribution in [3.8, 4) is 0 Å². The van der Waals surface area contributed by atoms with Crippen LogP contribution >= 0.6 is 0 Å². The number of hydrogen-bond donors (Lipinski definition) is 1. The first kappa shape index (κ1) is 10.7. The predicted octanol–water partition coefficient (Wildman–Crippen LogP) is 2.60. The van der Waals surface area contributed by atoms with Crippen molar-refractivity contribution in [2.45, 2.75) is 32.6 Å². The molecule has 0 saturated carbocycles. The van der Waals surface area contributed by atoms with Gasteiger partial charge in [-0.2, -0.15) is 0 Å². The summed E-state index contributed by atoms with van der Waals surface area (Å²) in [5.41, 5.74) is 0.821. The Bertz CT molecular complexity index is 272. The van der Waals surface area contributed by atoms with Crippen LogP contribution in [0.4, 0.5) is 5.69 Å². The zero-order valence-corrected chi connectivity index (χ0v) is 8.49. The van der Waals surface area contributed by atoms with E-state index in [9.17, 15) is 4.79 Å². The maximum atomic E-state index is 11.4. The normalized spacial score (nSPS) is 9.79. The number of carbonyl (C=O) groups is 1. The van der Waals surface area contributed by atoms with Crippen molar-refractivity contribution < 1.29 is 4.79 Å². The minimum Gasteiger partial charge on any atom is -0.326 e. The Kier molecular flexibility index (Phi) is 4.69. The summed E-state index contributed by atoms with van der Waals surface area (Å²) < 4.78 is 0. The van der Waals surface area contributed by atoms with Gasteiger partial charge in [-0.3, -0.25) is 9.78 Å². The summed E-state index contributed by atoms with van der Waals surface area (Å²) in [7, 11) is 0. The van der Waals surface area contributed by atoms with Crippen LogP contribution in [-0.2, 0) is 4.79 Å². The molecule has 14 heavy (non-hydrogen) atoms. The molecule has 76 valence electrons. The fraction of sp³-hybridized carbons (Fsp3) is 0.455. The van der Waals surface area contributed by atoms with Gasteiger partial charge in [0.2, 0.25) is 5.91 Å². The molecule has 0 aromatic carbocycles. The lowest BCUT2D eigenvalue weighted by atomic mass is 10.2. The van der Waals surface area contributed by atoms with Crippen molar-refractivity contribution >= 4 is 11.6 Å². The second-order valence-electron chi connectivity index (χ2n) is 3.24. The molecule has 0 aliphatic carbocycles. The Morgan fingerprint density at radius 2 is 2.07 bits per heavy atom. The molecule has 3 heteroatoms. The first-order valence-corrected chi connectivity index (χ1v) is 5.03. The number of nitrogens with zero attached hydrogens (tertiary/aromatic N) is 1. The van der Waals surface area contributed by atoms with E-state index in [0.717, 1.165) is 24.9 Å². The van der Waals surface area contributed by atoms with Crippen LogP contribution in [0.3, 0.4) is 0 Å². The van der Waals surface area contributed by atoms with Crippen LogP contribution < -0.4 is 5.32 Å². The Balaban J connectivity index is 2.27. The van der Waals surface area contributed by atoms with Crippen LogP contribution in [0.15, 0.2) is 24.5 Å². The molecule has 0 spiro atoms. The molecule has 0 saturated heterocycles. The summed E-state index contributed by atoms with van der Waals surface area (Å²) >= 11 is 0. The topological polar surface area (TPSA) is 42.0 Å². The third kappa shape index (κ3) is 4.03. The van der Waals surface area contributed by atoms with E-state index < -0.39 is 0 Å². The highest BCUT2D eigenvalue weighted by Crippen LogP contribution is 2.05. The van der Waals surface area contributed by atoms with Crippen molar-refractivity contribution in [2.24, 2.45) is 0 Å². The van der Waals surface area contributed by atoms with Gasteiger partial charge in [0, 0.05) is 24.5 Å². The maximum Gasteiger partial charge on any atom is 0.224 e. The van der Waals surface area contributed by atoms with E-state index in [-0.39, 0.29) is 5.91 Å². The molecule has 1 rings (SSSR count). The summed E-state index contributed by atoms with van der Waals surface area (Å²) in [5, 5.41) is 2.82. The Hall–Kier alpha value is -1.38. The smallest absolute Gasteiger partial charge is 0.224 e. The number of nitrogens with one attached hydrogen (secondary N) is 1. The molecule has 1 aromatic rings. The van der Waals surface area contributed by atoms with Crippen molar-refractivity contribution in [3.05, 3.63) is 24.5 Å². The van der Waals surface area contributed by atoms with E-state index in [1.54, 1.807) is 24.5 Å². The molecule has 1 amide bonds. The van der Waals surface area contributed by atoms with Gasteiger partial charge in [0.1, 0.15) is 0 Å². The van der Waals surface area contributed by atoms with E-state index in [1.807, 2.05) is 0 Å². The van der Waals surface area contributed by atoms with E-state index in [1.165, 1.54) is 0 Å². The number of anilines is 1. The monoisotopic (exact) mass is 192 g/mol. The van der Waals surface area contributed by atoms with Gasteiger partial charge in [0.15, 0.2) is 0 Å². The molecular weight excluding hydrogens is 176 g/mol.